The van der Waals surface area contributed by atoms with Crippen LogP contribution in [0.4, 0.5) is 11.4 Å². The number of carbonyl (C=O) groups is 2. The molecule has 142 valence electrons. The fraction of sp³-hybridized carbons (Fsp3) is 0.211. The molecule has 0 aliphatic carbocycles. The van der Waals surface area contributed by atoms with E-state index in [0.29, 0.717) is 39.3 Å². The minimum absolute atomic E-state index is 0.0336. The summed E-state index contributed by atoms with van der Waals surface area (Å²) in [6, 6.07) is 11.5. The lowest BCUT2D eigenvalue weighted by molar-refractivity contribution is -0.116. The van der Waals surface area contributed by atoms with Crippen LogP contribution in [-0.2, 0) is 4.79 Å². The Labute approximate surface area is 173 Å². The predicted octanol–water partition coefficient (Wildman–Crippen LogP) is 5.10. The van der Waals surface area contributed by atoms with Gasteiger partial charge in [-0.05, 0) is 60.6 Å². The SMILES string of the molecule is CC(C)CC(=O)Nc1ccc(NC(=S)NC(=O)c2cc(Cl)cc(Cl)c2)cc1. The van der Waals surface area contributed by atoms with Crippen LogP contribution in [0.2, 0.25) is 10.0 Å². The molecule has 0 aromatic heterocycles. The third kappa shape index (κ3) is 7.17. The van der Waals surface area contributed by atoms with Crippen molar-refractivity contribution < 1.29 is 9.59 Å². The molecule has 2 aromatic rings. The van der Waals surface area contributed by atoms with Crippen molar-refractivity contribution in [2.24, 2.45) is 5.92 Å². The van der Waals surface area contributed by atoms with Crippen molar-refractivity contribution in [1.29, 1.82) is 0 Å². The summed E-state index contributed by atoms with van der Waals surface area (Å²) < 4.78 is 0. The summed E-state index contributed by atoms with van der Waals surface area (Å²) in [6.45, 7) is 3.97. The summed E-state index contributed by atoms with van der Waals surface area (Å²) in [4.78, 5) is 24.0. The number of rotatable bonds is 5. The van der Waals surface area contributed by atoms with E-state index in [4.69, 9.17) is 35.4 Å². The smallest absolute Gasteiger partial charge is 0.257 e. The van der Waals surface area contributed by atoms with E-state index in [-0.39, 0.29) is 11.0 Å². The lowest BCUT2D eigenvalue weighted by Crippen LogP contribution is -2.34. The van der Waals surface area contributed by atoms with Gasteiger partial charge in [-0.3, -0.25) is 14.9 Å². The number of thiocarbonyl (C=S) groups is 1. The molecular formula is C19H19Cl2N3O2S. The van der Waals surface area contributed by atoms with Gasteiger partial charge in [0.2, 0.25) is 5.91 Å². The topological polar surface area (TPSA) is 70.2 Å². The molecule has 2 amide bonds. The summed E-state index contributed by atoms with van der Waals surface area (Å²) in [6.07, 6.45) is 0.462. The summed E-state index contributed by atoms with van der Waals surface area (Å²) in [7, 11) is 0. The molecule has 0 aliphatic rings. The molecule has 0 heterocycles. The lowest BCUT2D eigenvalue weighted by Gasteiger charge is -2.11. The molecule has 0 unspecified atom stereocenters. The van der Waals surface area contributed by atoms with Gasteiger partial charge in [-0.2, -0.15) is 0 Å². The Morgan fingerprint density at radius 3 is 2.00 bits per heavy atom. The van der Waals surface area contributed by atoms with Gasteiger partial charge in [0.1, 0.15) is 0 Å². The largest absolute Gasteiger partial charge is 0.332 e. The Hall–Kier alpha value is -2.15. The maximum absolute atomic E-state index is 12.2. The fourth-order valence-corrected chi connectivity index (χ4v) is 2.98. The Bertz CT molecular complexity index is 834. The number of anilines is 2. The number of hydrogen-bond donors (Lipinski definition) is 3. The molecule has 5 nitrogen and oxygen atoms in total. The second-order valence-electron chi connectivity index (χ2n) is 6.29. The summed E-state index contributed by atoms with van der Waals surface area (Å²) in [5, 5.41) is 9.15. The van der Waals surface area contributed by atoms with E-state index in [2.05, 4.69) is 16.0 Å². The van der Waals surface area contributed by atoms with Gasteiger partial charge in [-0.25, -0.2) is 0 Å². The molecule has 0 saturated heterocycles. The summed E-state index contributed by atoms with van der Waals surface area (Å²) >= 11 is 16.9. The van der Waals surface area contributed by atoms with Crippen LogP contribution in [-0.4, -0.2) is 16.9 Å². The molecule has 8 heteroatoms. The van der Waals surface area contributed by atoms with E-state index in [9.17, 15) is 9.59 Å². The number of halogens is 2. The maximum Gasteiger partial charge on any atom is 0.257 e. The monoisotopic (exact) mass is 423 g/mol. The Morgan fingerprint density at radius 2 is 1.48 bits per heavy atom. The van der Waals surface area contributed by atoms with Crippen molar-refractivity contribution in [3.05, 3.63) is 58.1 Å². The first kappa shape index (κ1) is 21.2. The van der Waals surface area contributed by atoms with Crippen molar-refractivity contribution in [3.63, 3.8) is 0 Å². The average Bonchev–Trinajstić information content (AvgIpc) is 2.54. The lowest BCUT2D eigenvalue weighted by atomic mass is 10.1. The normalized spacial score (nSPS) is 10.4. The third-order valence-electron chi connectivity index (χ3n) is 3.37. The maximum atomic E-state index is 12.2. The Morgan fingerprint density at radius 1 is 0.963 bits per heavy atom. The quantitative estimate of drug-likeness (QED) is 0.584. The molecular weight excluding hydrogens is 405 g/mol. The highest BCUT2D eigenvalue weighted by molar-refractivity contribution is 7.80. The molecule has 0 fully saturated rings. The van der Waals surface area contributed by atoms with E-state index in [1.54, 1.807) is 24.3 Å². The first-order valence-electron chi connectivity index (χ1n) is 8.21. The van der Waals surface area contributed by atoms with Gasteiger partial charge in [0.15, 0.2) is 5.11 Å². The Balaban J connectivity index is 1.91. The Kier molecular flexibility index (Phi) is 7.59. The fourth-order valence-electron chi connectivity index (χ4n) is 2.24. The number of carbonyl (C=O) groups excluding carboxylic acids is 2. The van der Waals surface area contributed by atoms with Crippen LogP contribution in [0.5, 0.6) is 0 Å². The highest BCUT2D eigenvalue weighted by Gasteiger charge is 2.10. The van der Waals surface area contributed by atoms with Gasteiger partial charge in [-0.15, -0.1) is 0 Å². The minimum Gasteiger partial charge on any atom is -0.332 e. The predicted molar refractivity (Wildman–Crippen MR) is 115 cm³/mol. The number of benzene rings is 2. The molecule has 2 aromatic carbocycles. The van der Waals surface area contributed by atoms with Crippen LogP contribution in [0.25, 0.3) is 0 Å². The van der Waals surface area contributed by atoms with E-state index >= 15 is 0 Å². The number of amides is 2. The zero-order valence-corrected chi connectivity index (χ0v) is 17.1. The molecule has 0 bridgehead atoms. The van der Waals surface area contributed by atoms with Gasteiger partial charge in [0.05, 0.1) is 0 Å². The molecule has 0 saturated carbocycles. The van der Waals surface area contributed by atoms with Crippen molar-refractivity contribution >= 4 is 63.7 Å². The zero-order chi connectivity index (χ0) is 20.0. The molecule has 2 rings (SSSR count). The van der Waals surface area contributed by atoms with E-state index < -0.39 is 5.91 Å². The van der Waals surface area contributed by atoms with Crippen LogP contribution in [0, 0.1) is 5.92 Å². The van der Waals surface area contributed by atoms with Gasteiger partial charge < -0.3 is 10.6 Å². The van der Waals surface area contributed by atoms with Crippen LogP contribution >= 0.6 is 35.4 Å². The van der Waals surface area contributed by atoms with Crippen LogP contribution in [0.3, 0.4) is 0 Å². The minimum atomic E-state index is -0.422. The first-order valence-corrected chi connectivity index (χ1v) is 9.37. The molecule has 0 radical (unpaired) electrons. The van der Waals surface area contributed by atoms with E-state index in [0.717, 1.165) is 0 Å². The number of nitrogens with one attached hydrogen (secondary N) is 3. The molecule has 0 spiro atoms. The third-order valence-corrected chi connectivity index (χ3v) is 4.01. The molecule has 27 heavy (non-hydrogen) atoms. The van der Waals surface area contributed by atoms with Crippen molar-refractivity contribution in [3.8, 4) is 0 Å². The van der Waals surface area contributed by atoms with Gasteiger partial charge in [0.25, 0.3) is 5.91 Å². The highest BCUT2D eigenvalue weighted by Crippen LogP contribution is 2.19. The first-order chi connectivity index (χ1) is 12.7. The molecule has 0 aliphatic heterocycles. The molecule has 3 N–H and O–H groups in total. The molecule has 0 atom stereocenters. The summed E-state index contributed by atoms with van der Waals surface area (Å²) in [5.41, 5.74) is 1.67. The van der Waals surface area contributed by atoms with E-state index in [1.807, 2.05) is 13.8 Å². The van der Waals surface area contributed by atoms with Gasteiger partial charge >= 0.3 is 0 Å². The van der Waals surface area contributed by atoms with Crippen molar-refractivity contribution in [2.75, 3.05) is 10.6 Å². The number of hydrogen-bond acceptors (Lipinski definition) is 3. The second kappa shape index (κ2) is 9.69. The second-order valence-corrected chi connectivity index (χ2v) is 7.57. The van der Waals surface area contributed by atoms with Crippen LogP contribution < -0.4 is 16.0 Å². The van der Waals surface area contributed by atoms with Crippen molar-refractivity contribution in [2.45, 2.75) is 20.3 Å². The van der Waals surface area contributed by atoms with Crippen LogP contribution in [0.15, 0.2) is 42.5 Å². The average molecular weight is 424 g/mol. The van der Waals surface area contributed by atoms with Crippen molar-refractivity contribution in [1.82, 2.24) is 5.32 Å². The highest BCUT2D eigenvalue weighted by atomic mass is 35.5. The van der Waals surface area contributed by atoms with Crippen LogP contribution in [0.1, 0.15) is 30.6 Å². The van der Waals surface area contributed by atoms with Gasteiger partial charge in [-0.1, -0.05) is 37.0 Å². The standard InChI is InChI=1S/C19H19Cl2N3O2S/c1-11(2)7-17(25)22-15-3-5-16(6-4-15)23-19(27)24-18(26)12-8-13(20)10-14(21)9-12/h3-6,8-11H,7H2,1-2H3,(H,22,25)(H2,23,24,26,27). The van der Waals surface area contributed by atoms with Gasteiger partial charge in [0, 0.05) is 33.4 Å². The zero-order valence-electron chi connectivity index (χ0n) is 14.8. The summed E-state index contributed by atoms with van der Waals surface area (Å²) in [5.74, 6) is -0.163. The van der Waals surface area contributed by atoms with E-state index in [1.165, 1.54) is 18.2 Å².